The average Bonchev–Trinajstić information content (AvgIpc) is 3.23. The largest absolute Gasteiger partial charge is 0.346 e. The number of hydrogen-bond donors (Lipinski definition) is 2. The molecule has 2 N–H and O–H groups in total. The van der Waals surface area contributed by atoms with Gasteiger partial charge in [0.05, 0.1) is 4.90 Å². The highest BCUT2D eigenvalue weighted by Crippen LogP contribution is 2.31. The van der Waals surface area contributed by atoms with Crippen molar-refractivity contribution in [1.29, 1.82) is 0 Å². The molecule has 1 fully saturated rings. The molecule has 156 valence electrons. The van der Waals surface area contributed by atoms with Gasteiger partial charge < -0.3 is 10.6 Å². The van der Waals surface area contributed by atoms with Gasteiger partial charge in [-0.15, -0.1) is 11.3 Å². The molecule has 0 radical (unpaired) electrons. The van der Waals surface area contributed by atoms with Crippen molar-refractivity contribution in [1.82, 2.24) is 10.6 Å². The Balaban J connectivity index is 1.70. The van der Waals surface area contributed by atoms with Crippen molar-refractivity contribution in [2.45, 2.75) is 55.2 Å². The smallest absolute Gasteiger partial charge is 0.309 e. The zero-order valence-electron chi connectivity index (χ0n) is 16.4. The number of carbonyl (C=O) groups excluding carboxylic acids is 2. The monoisotopic (exact) mass is 434 g/mol. The van der Waals surface area contributed by atoms with Crippen molar-refractivity contribution in [3.63, 3.8) is 0 Å². The van der Waals surface area contributed by atoms with Gasteiger partial charge in [-0.2, -0.15) is 0 Å². The minimum absolute atomic E-state index is 0.0198. The molecule has 6 nitrogen and oxygen atoms in total. The molecule has 1 aliphatic rings. The summed E-state index contributed by atoms with van der Waals surface area (Å²) in [6.45, 7) is 1.73. The number of hydrogen-bond acceptors (Lipinski definition) is 5. The Morgan fingerprint density at radius 3 is 2.38 bits per heavy atom. The van der Waals surface area contributed by atoms with Crippen LogP contribution in [0, 0.1) is 6.92 Å². The van der Waals surface area contributed by atoms with Crippen LogP contribution in [0.4, 0.5) is 0 Å². The number of rotatable bonds is 6. The van der Waals surface area contributed by atoms with Crippen molar-refractivity contribution in [3.8, 4) is 0 Å². The lowest BCUT2D eigenvalue weighted by molar-refractivity contribution is -0.139. The van der Waals surface area contributed by atoms with Crippen LogP contribution in [0.25, 0.3) is 0 Å². The van der Waals surface area contributed by atoms with Gasteiger partial charge in [0.1, 0.15) is 5.25 Å². The summed E-state index contributed by atoms with van der Waals surface area (Å²) >= 11 is 1.31. The lowest BCUT2D eigenvalue weighted by atomic mass is 9.95. The molecular weight excluding hydrogens is 408 g/mol. The quantitative estimate of drug-likeness (QED) is 0.683. The van der Waals surface area contributed by atoms with E-state index in [9.17, 15) is 18.0 Å². The molecule has 2 amide bonds. The van der Waals surface area contributed by atoms with E-state index >= 15 is 0 Å². The van der Waals surface area contributed by atoms with Crippen molar-refractivity contribution in [3.05, 3.63) is 52.2 Å². The van der Waals surface area contributed by atoms with Crippen LogP contribution < -0.4 is 10.6 Å². The zero-order chi connectivity index (χ0) is 20.9. The number of aryl methyl sites for hydroxylation is 1. The van der Waals surface area contributed by atoms with Gasteiger partial charge in [-0.05, 0) is 43.3 Å². The fraction of sp³-hybridized carbons (Fsp3) is 0.429. The van der Waals surface area contributed by atoms with E-state index in [0.717, 1.165) is 37.7 Å². The fourth-order valence-corrected chi connectivity index (χ4v) is 6.28. The normalized spacial score (nSPS) is 16.2. The van der Waals surface area contributed by atoms with Crippen molar-refractivity contribution in [2.75, 3.05) is 6.54 Å². The van der Waals surface area contributed by atoms with Crippen LogP contribution in [0.2, 0.25) is 0 Å². The molecule has 0 aliphatic heterocycles. The molecular formula is C21H26N2O4S2. The van der Waals surface area contributed by atoms with Gasteiger partial charge in [0, 0.05) is 17.5 Å². The van der Waals surface area contributed by atoms with Gasteiger partial charge in [-0.25, -0.2) is 8.42 Å². The Bertz CT molecular complexity index is 932. The van der Waals surface area contributed by atoms with Gasteiger partial charge in [0.2, 0.25) is 0 Å². The van der Waals surface area contributed by atoms with E-state index in [1.54, 1.807) is 41.8 Å². The number of nitrogens with one attached hydrogen (secondary N) is 2. The van der Waals surface area contributed by atoms with Crippen LogP contribution in [-0.2, 0) is 19.4 Å². The summed E-state index contributed by atoms with van der Waals surface area (Å²) in [5.41, 5.74) is 0.962. The average molecular weight is 435 g/mol. The highest BCUT2D eigenvalue weighted by Gasteiger charge is 2.31. The van der Waals surface area contributed by atoms with Gasteiger partial charge in [0.25, 0.3) is 0 Å². The number of carbonyl (C=O) groups is 2. The number of benzene rings is 1. The van der Waals surface area contributed by atoms with Crippen LogP contribution in [0.15, 0.2) is 46.7 Å². The molecule has 8 heteroatoms. The lowest BCUT2D eigenvalue weighted by Gasteiger charge is -2.22. The third-order valence-electron chi connectivity index (χ3n) is 5.18. The van der Waals surface area contributed by atoms with Gasteiger partial charge in [-0.3, -0.25) is 9.59 Å². The second-order valence-corrected chi connectivity index (χ2v) is 10.5. The van der Waals surface area contributed by atoms with E-state index < -0.39 is 26.9 Å². The van der Waals surface area contributed by atoms with Crippen LogP contribution >= 0.6 is 11.3 Å². The molecule has 0 saturated heterocycles. The van der Waals surface area contributed by atoms with Crippen molar-refractivity contribution < 1.29 is 18.0 Å². The molecule has 3 rings (SSSR count). The van der Waals surface area contributed by atoms with Crippen LogP contribution in [0.1, 0.15) is 47.8 Å². The summed E-state index contributed by atoms with van der Waals surface area (Å²) in [5, 5.41) is 6.13. The van der Waals surface area contributed by atoms with Crippen LogP contribution in [-0.4, -0.2) is 32.8 Å². The minimum atomic E-state index is -3.73. The molecule has 1 heterocycles. The van der Waals surface area contributed by atoms with E-state index in [1.807, 2.05) is 6.92 Å². The maximum atomic E-state index is 13.2. The first kappa shape index (κ1) is 21.5. The van der Waals surface area contributed by atoms with E-state index in [0.29, 0.717) is 4.88 Å². The van der Waals surface area contributed by atoms with Crippen molar-refractivity contribution in [2.24, 2.45) is 0 Å². The first-order chi connectivity index (χ1) is 13.9. The fourth-order valence-electron chi connectivity index (χ4n) is 3.49. The molecule has 0 spiro atoms. The summed E-state index contributed by atoms with van der Waals surface area (Å²) in [7, 11) is -3.73. The number of amides is 2. The minimum Gasteiger partial charge on any atom is -0.346 e. The van der Waals surface area contributed by atoms with E-state index in [-0.39, 0.29) is 17.5 Å². The maximum absolute atomic E-state index is 13.2. The number of sulfone groups is 1. The predicted octanol–water partition coefficient (Wildman–Crippen LogP) is 3.14. The van der Waals surface area contributed by atoms with Crippen LogP contribution in [0.5, 0.6) is 0 Å². The lowest BCUT2D eigenvalue weighted by Crippen LogP contribution is -2.46. The Labute approximate surface area is 175 Å². The van der Waals surface area contributed by atoms with Gasteiger partial charge in [-0.1, -0.05) is 43.0 Å². The summed E-state index contributed by atoms with van der Waals surface area (Å²) in [6, 6.07) is 10.2. The second-order valence-electron chi connectivity index (χ2n) is 7.38. The Morgan fingerprint density at radius 1 is 1.07 bits per heavy atom. The Morgan fingerprint density at radius 2 is 1.76 bits per heavy atom. The molecule has 0 bridgehead atoms. The standard InChI is InChI=1S/C21H26N2O4S2/c1-15-9-11-17(12-10-15)29(26,27)19(18-8-5-13-28-18)14-22-20(24)21(25)23-16-6-3-2-4-7-16/h5,8-13,16,19H,2-4,6-7,14H2,1H3,(H,22,24)(H,23,25)/t19-/m0/s1. The van der Waals surface area contributed by atoms with Crippen LogP contribution in [0.3, 0.4) is 0 Å². The van der Waals surface area contributed by atoms with E-state index in [2.05, 4.69) is 10.6 Å². The molecule has 1 aliphatic carbocycles. The maximum Gasteiger partial charge on any atom is 0.309 e. The summed E-state index contributed by atoms with van der Waals surface area (Å²) < 4.78 is 26.4. The highest BCUT2D eigenvalue weighted by molar-refractivity contribution is 7.91. The third kappa shape index (κ3) is 5.45. The van der Waals surface area contributed by atoms with Crippen molar-refractivity contribution >= 4 is 33.0 Å². The Hall–Kier alpha value is -2.19. The molecule has 29 heavy (non-hydrogen) atoms. The summed E-state index contributed by atoms with van der Waals surface area (Å²) in [6.07, 6.45) is 4.98. The molecule has 1 aromatic heterocycles. The molecule has 1 atom stereocenters. The molecule has 0 unspecified atom stereocenters. The zero-order valence-corrected chi connectivity index (χ0v) is 18.0. The summed E-state index contributed by atoms with van der Waals surface area (Å²) in [5.74, 6) is -1.49. The second kappa shape index (κ2) is 9.54. The molecule has 1 aromatic carbocycles. The Kier molecular flexibility index (Phi) is 7.08. The first-order valence-corrected chi connectivity index (χ1v) is 12.2. The third-order valence-corrected chi connectivity index (χ3v) is 8.41. The number of thiophene rings is 1. The van der Waals surface area contributed by atoms with Gasteiger partial charge in [0.15, 0.2) is 9.84 Å². The summed E-state index contributed by atoms with van der Waals surface area (Å²) in [4.78, 5) is 25.3. The van der Waals surface area contributed by atoms with E-state index in [4.69, 9.17) is 0 Å². The molecule has 1 saturated carbocycles. The highest BCUT2D eigenvalue weighted by atomic mass is 32.2. The topological polar surface area (TPSA) is 92.3 Å². The van der Waals surface area contributed by atoms with E-state index in [1.165, 1.54) is 11.3 Å². The SMILES string of the molecule is Cc1ccc(S(=O)(=O)[C@@H](CNC(=O)C(=O)NC2CCCCC2)c2cccs2)cc1. The predicted molar refractivity (Wildman–Crippen MR) is 113 cm³/mol. The molecule has 2 aromatic rings. The first-order valence-electron chi connectivity index (χ1n) is 9.80. The van der Waals surface area contributed by atoms with Gasteiger partial charge >= 0.3 is 11.8 Å².